The number of rotatable bonds is 7. The minimum absolute atomic E-state index is 0.0812. The van der Waals surface area contributed by atoms with Gasteiger partial charge in [-0.15, -0.1) is 0 Å². The van der Waals surface area contributed by atoms with Crippen LogP contribution in [0.2, 0.25) is 0 Å². The number of fused-ring (bicyclic) bond motifs is 1. The third-order valence-electron chi connectivity index (χ3n) is 4.45. The summed E-state index contributed by atoms with van der Waals surface area (Å²) in [5, 5.41) is 4.63. The second-order valence-electron chi connectivity index (χ2n) is 6.58. The van der Waals surface area contributed by atoms with Gasteiger partial charge in [-0.2, -0.15) is 0 Å². The standard InChI is InChI=1S/C23H20FNO4/c1-15(23(28)25-20-8-4-6-16-5-2-3-7-19(16)20)29-22(27)14-13-21(26)17-9-11-18(24)12-10-17/h2-12,15H,13-14H2,1H3,(H,25,28)/t15-/m0/s1. The van der Waals surface area contributed by atoms with Crippen molar-refractivity contribution in [1.29, 1.82) is 0 Å². The highest BCUT2D eigenvalue weighted by Gasteiger charge is 2.19. The number of benzene rings is 3. The predicted octanol–water partition coefficient (Wildman–Crippen LogP) is 4.51. The SMILES string of the molecule is C[C@H](OC(=O)CCC(=O)c1ccc(F)cc1)C(=O)Nc1cccc2ccccc12. The highest BCUT2D eigenvalue weighted by molar-refractivity contribution is 6.04. The summed E-state index contributed by atoms with van der Waals surface area (Å²) in [5.41, 5.74) is 0.948. The Morgan fingerprint density at radius 1 is 0.931 bits per heavy atom. The van der Waals surface area contributed by atoms with Crippen LogP contribution in [-0.4, -0.2) is 23.8 Å². The van der Waals surface area contributed by atoms with E-state index >= 15 is 0 Å². The molecule has 0 fully saturated rings. The number of ether oxygens (including phenoxy) is 1. The molecule has 3 aromatic carbocycles. The largest absolute Gasteiger partial charge is 0.453 e. The van der Waals surface area contributed by atoms with Gasteiger partial charge in [0, 0.05) is 23.1 Å². The summed E-state index contributed by atoms with van der Waals surface area (Å²) in [6.45, 7) is 1.47. The number of amides is 1. The van der Waals surface area contributed by atoms with E-state index in [1.165, 1.54) is 31.2 Å². The number of carbonyl (C=O) groups is 3. The summed E-state index contributed by atoms with van der Waals surface area (Å²) in [6, 6.07) is 18.3. The number of ketones is 1. The molecule has 0 unspecified atom stereocenters. The molecule has 0 aromatic heterocycles. The Kier molecular flexibility index (Phi) is 6.34. The third kappa shape index (κ3) is 5.25. The Morgan fingerprint density at radius 3 is 2.38 bits per heavy atom. The van der Waals surface area contributed by atoms with Gasteiger partial charge in [0.15, 0.2) is 11.9 Å². The zero-order chi connectivity index (χ0) is 20.8. The molecule has 0 radical (unpaired) electrons. The van der Waals surface area contributed by atoms with Crippen LogP contribution >= 0.6 is 0 Å². The number of hydrogen-bond donors (Lipinski definition) is 1. The molecule has 0 bridgehead atoms. The van der Waals surface area contributed by atoms with Crippen LogP contribution in [0.3, 0.4) is 0 Å². The molecule has 0 heterocycles. The number of esters is 1. The lowest BCUT2D eigenvalue weighted by atomic mass is 10.1. The summed E-state index contributed by atoms with van der Waals surface area (Å²) in [7, 11) is 0. The molecule has 3 aromatic rings. The first kappa shape index (κ1) is 20.2. The smallest absolute Gasteiger partial charge is 0.307 e. The molecule has 148 valence electrons. The first-order chi connectivity index (χ1) is 13.9. The fraction of sp³-hybridized carbons (Fsp3) is 0.174. The summed E-state index contributed by atoms with van der Waals surface area (Å²) < 4.78 is 18.0. The molecule has 1 N–H and O–H groups in total. The van der Waals surface area contributed by atoms with E-state index < -0.39 is 23.8 Å². The Balaban J connectivity index is 1.53. The predicted molar refractivity (Wildman–Crippen MR) is 108 cm³/mol. The van der Waals surface area contributed by atoms with Crippen molar-refractivity contribution < 1.29 is 23.5 Å². The molecule has 1 amide bonds. The van der Waals surface area contributed by atoms with E-state index in [2.05, 4.69) is 5.32 Å². The molecule has 0 saturated heterocycles. The monoisotopic (exact) mass is 393 g/mol. The van der Waals surface area contributed by atoms with Crippen molar-refractivity contribution in [1.82, 2.24) is 0 Å². The van der Waals surface area contributed by atoms with E-state index in [0.29, 0.717) is 11.3 Å². The number of nitrogens with one attached hydrogen (secondary N) is 1. The minimum atomic E-state index is -1.01. The maximum absolute atomic E-state index is 12.9. The lowest BCUT2D eigenvalue weighted by molar-refractivity contribution is -0.153. The van der Waals surface area contributed by atoms with Crippen molar-refractivity contribution >= 4 is 34.1 Å². The van der Waals surface area contributed by atoms with Gasteiger partial charge in [-0.1, -0.05) is 36.4 Å². The molecular weight excluding hydrogens is 373 g/mol. The van der Waals surface area contributed by atoms with Gasteiger partial charge < -0.3 is 10.1 Å². The minimum Gasteiger partial charge on any atom is -0.453 e. The molecule has 0 aliphatic heterocycles. The molecule has 6 heteroatoms. The van der Waals surface area contributed by atoms with Gasteiger partial charge in [0.1, 0.15) is 5.82 Å². The Labute approximate surface area is 167 Å². The van der Waals surface area contributed by atoms with Gasteiger partial charge in [-0.05, 0) is 42.6 Å². The van der Waals surface area contributed by atoms with Crippen molar-refractivity contribution in [3.63, 3.8) is 0 Å². The Morgan fingerprint density at radius 2 is 1.62 bits per heavy atom. The van der Waals surface area contributed by atoms with Crippen LogP contribution in [0.1, 0.15) is 30.1 Å². The van der Waals surface area contributed by atoms with Crippen LogP contribution in [-0.2, 0) is 14.3 Å². The Bertz CT molecular complexity index is 1040. The van der Waals surface area contributed by atoms with Gasteiger partial charge in [0.25, 0.3) is 5.91 Å². The quantitative estimate of drug-likeness (QED) is 0.473. The van der Waals surface area contributed by atoms with Crippen molar-refractivity contribution in [3.8, 4) is 0 Å². The van der Waals surface area contributed by atoms with Crippen molar-refractivity contribution in [3.05, 3.63) is 78.1 Å². The molecule has 0 aliphatic rings. The first-order valence-electron chi connectivity index (χ1n) is 9.21. The molecule has 29 heavy (non-hydrogen) atoms. The van der Waals surface area contributed by atoms with Gasteiger partial charge in [-0.3, -0.25) is 14.4 Å². The van der Waals surface area contributed by atoms with Crippen LogP contribution in [0.5, 0.6) is 0 Å². The van der Waals surface area contributed by atoms with Crippen molar-refractivity contribution in [2.24, 2.45) is 0 Å². The summed E-state index contributed by atoms with van der Waals surface area (Å²) in [5.74, 6) is -1.85. The number of carbonyl (C=O) groups excluding carboxylic acids is 3. The van der Waals surface area contributed by atoms with E-state index in [9.17, 15) is 18.8 Å². The van der Waals surface area contributed by atoms with E-state index in [4.69, 9.17) is 4.74 Å². The molecular formula is C23H20FNO4. The van der Waals surface area contributed by atoms with E-state index in [1.54, 1.807) is 6.07 Å². The van der Waals surface area contributed by atoms with Crippen LogP contribution in [0.15, 0.2) is 66.7 Å². The molecule has 5 nitrogen and oxygen atoms in total. The fourth-order valence-electron chi connectivity index (χ4n) is 2.87. The van der Waals surface area contributed by atoms with Crippen molar-refractivity contribution in [2.75, 3.05) is 5.32 Å². The number of anilines is 1. The number of halogens is 1. The third-order valence-corrected chi connectivity index (χ3v) is 4.45. The summed E-state index contributed by atoms with van der Waals surface area (Å²) in [6.07, 6.45) is -1.26. The first-order valence-corrected chi connectivity index (χ1v) is 9.21. The zero-order valence-corrected chi connectivity index (χ0v) is 15.9. The highest BCUT2D eigenvalue weighted by atomic mass is 19.1. The van der Waals surface area contributed by atoms with Crippen LogP contribution in [0.25, 0.3) is 10.8 Å². The van der Waals surface area contributed by atoms with Gasteiger partial charge >= 0.3 is 5.97 Å². The number of hydrogen-bond acceptors (Lipinski definition) is 4. The topological polar surface area (TPSA) is 72.5 Å². The Hall–Kier alpha value is -3.54. The molecule has 0 saturated carbocycles. The highest BCUT2D eigenvalue weighted by Crippen LogP contribution is 2.23. The average molecular weight is 393 g/mol. The lowest BCUT2D eigenvalue weighted by Crippen LogP contribution is -2.30. The summed E-state index contributed by atoms with van der Waals surface area (Å²) in [4.78, 5) is 36.4. The maximum atomic E-state index is 12.9. The van der Waals surface area contributed by atoms with Crippen LogP contribution in [0.4, 0.5) is 10.1 Å². The van der Waals surface area contributed by atoms with E-state index in [1.807, 2.05) is 36.4 Å². The molecule has 0 aliphatic carbocycles. The normalized spacial score (nSPS) is 11.7. The van der Waals surface area contributed by atoms with Gasteiger partial charge in [-0.25, -0.2) is 4.39 Å². The van der Waals surface area contributed by atoms with E-state index in [-0.39, 0.29) is 18.6 Å². The fourth-order valence-corrected chi connectivity index (χ4v) is 2.87. The van der Waals surface area contributed by atoms with Gasteiger partial charge in [0.2, 0.25) is 0 Å². The summed E-state index contributed by atoms with van der Waals surface area (Å²) >= 11 is 0. The zero-order valence-electron chi connectivity index (χ0n) is 15.9. The van der Waals surface area contributed by atoms with Gasteiger partial charge in [0.05, 0.1) is 6.42 Å². The van der Waals surface area contributed by atoms with Crippen molar-refractivity contribution in [2.45, 2.75) is 25.9 Å². The van der Waals surface area contributed by atoms with Crippen LogP contribution < -0.4 is 5.32 Å². The lowest BCUT2D eigenvalue weighted by Gasteiger charge is -2.14. The average Bonchev–Trinajstić information content (AvgIpc) is 2.72. The molecule has 3 rings (SSSR count). The molecule has 1 atom stereocenters. The maximum Gasteiger partial charge on any atom is 0.307 e. The molecule has 0 spiro atoms. The van der Waals surface area contributed by atoms with Crippen LogP contribution in [0, 0.1) is 5.82 Å². The van der Waals surface area contributed by atoms with E-state index in [0.717, 1.165) is 10.8 Å². The second kappa shape index (κ2) is 9.10. The second-order valence-corrected chi connectivity index (χ2v) is 6.58. The number of Topliss-reactive ketones (excluding diaryl/α,β-unsaturated/α-hetero) is 1.